The predicted octanol–water partition coefficient (Wildman–Crippen LogP) is 2.43. The van der Waals surface area contributed by atoms with Gasteiger partial charge in [0.05, 0.1) is 11.4 Å². The zero-order valence-electron chi connectivity index (χ0n) is 12.5. The van der Waals surface area contributed by atoms with Crippen molar-refractivity contribution in [2.75, 3.05) is 0 Å². The van der Waals surface area contributed by atoms with Gasteiger partial charge >= 0.3 is 0 Å². The Morgan fingerprint density at radius 2 is 2.04 bits per heavy atom. The third kappa shape index (κ3) is 3.37. The Bertz CT molecular complexity index is 927. The Kier molecular flexibility index (Phi) is 4.08. The van der Waals surface area contributed by atoms with Crippen LogP contribution >= 0.6 is 11.3 Å². The average molecular weight is 325 g/mol. The zero-order valence-corrected chi connectivity index (χ0v) is 13.3. The summed E-state index contributed by atoms with van der Waals surface area (Å²) in [5, 5.41) is 4.42. The molecular weight excluding hydrogens is 310 g/mol. The van der Waals surface area contributed by atoms with Crippen molar-refractivity contribution < 1.29 is 4.79 Å². The molecule has 1 amide bonds. The fourth-order valence-corrected chi connectivity index (χ4v) is 3.09. The highest BCUT2D eigenvalue weighted by molar-refractivity contribution is 7.15. The molecule has 0 fully saturated rings. The molecule has 1 aromatic carbocycles. The lowest BCUT2D eigenvalue weighted by Crippen LogP contribution is -2.23. The zero-order chi connectivity index (χ0) is 16.4. The summed E-state index contributed by atoms with van der Waals surface area (Å²) in [5.74, 6) is -0.491. The van der Waals surface area contributed by atoms with Crippen LogP contribution in [0.4, 0.5) is 0 Å². The Morgan fingerprint density at radius 3 is 2.74 bits per heavy atom. The number of carbonyl (C=O) groups excluding carboxylic acids is 1. The van der Waals surface area contributed by atoms with Crippen molar-refractivity contribution in [1.82, 2.24) is 9.78 Å². The lowest BCUT2D eigenvalue weighted by atomic mass is 10.1. The van der Waals surface area contributed by atoms with Crippen LogP contribution in [-0.4, -0.2) is 15.7 Å². The molecule has 5 nitrogen and oxygen atoms in total. The fraction of sp³-hybridized carbons (Fsp3) is 0.118. The van der Waals surface area contributed by atoms with Crippen LogP contribution in [0.15, 0.2) is 53.3 Å². The first-order valence-electron chi connectivity index (χ1n) is 7.06. The lowest BCUT2D eigenvalue weighted by molar-refractivity contribution is 0.1000. The second-order valence-corrected chi connectivity index (χ2v) is 6.48. The van der Waals surface area contributed by atoms with Crippen LogP contribution in [0.2, 0.25) is 0 Å². The number of thiophene rings is 1. The fourth-order valence-electron chi connectivity index (χ4n) is 2.26. The first kappa shape index (κ1) is 15.2. The van der Waals surface area contributed by atoms with E-state index in [4.69, 9.17) is 5.73 Å². The molecule has 0 radical (unpaired) electrons. The standard InChI is InChI=1S/C17H15N3O2S/c1-11-5-7-15(23-11)14-6-8-16(21)20(19-14)10-12-3-2-4-13(9-12)17(18)22/h2-9H,10H2,1H3,(H2,18,22). The molecule has 0 aliphatic carbocycles. The maximum absolute atomic E-state index is 12.0. The third-order valence-electron chi connectivity index (χ3n) is 3.40. The van der Waals surface area contributed by atoms with Crippen molar-refractivity contribution in [3.8, 4) is 10.6 Å². The smallest absolute Gasteiger partial charge is 0.267 e. The first-order valence-corrected chi connectivity index (χ1v) is 7.88. The third-order valence-corrected chi connectivity index (χ3v) is 4.43. The SMILES string of the molecule is Cc1ccc(-c2ccc(=O)n(Cc3cccc(C(N)=O)c3)n2)s1. The second-order valence-electron chi connectivity index (χ2n) is 5.19. The average Bonchev–Trinajstić information content (AvgIpc) is 2.96. The first-order chi connectivity index (χ1) is 11.0. The van der Waals surface area contributed by atoms with Crippen LogP contribution in [0.5, 0.6) is 0 Å². The van der Waals surface area contributed by atoms with Crippen molar-refractivity contribution in [2.45, 2.75) is 13.5 Å². The van der Waals surface area contributed by atoms with Gasteiger partial charge in [-0.25, -0.2) is 4.68 Å². The van der Waals surface area contributed by atoms with E-state index >= 15 is 0 Å². The van der Waals surface area contributed by atoms with Gasteiger partial charge in [0.15, 0.2) is 0 Å². The predicted molar refractivity (Wildman–Crippen MR) is 90.6 cm³/mol. The minimum absolute atomic E-state index is 0.188. The number of amides is 1. The van der Waals surface area contributed by atoms with E-state index in [0.29, 0.717) is 5.56 Å². The maximum Gasteiger partial charge on any atom is 0.267 e. The van der Waals surface area contributed by atoms with Crippen LogP contribution < -0.4 is 11.3 Å². The van der Waals surface area contributed by atoms with E-state index in [-0.39, 0.29) is 12.1 Å². The summed E-state index contributed by atoms with van der Waals surface area (Å²) in [6.07, 6.45) is 0. The van der Waals surface area contributed by atoms with Gasteiger partial charge < -0.3 is 5.73 Å². The van der Waals surface area contributed by atoms with Crippen molar-refractivity contribution in [2.24, 2.45) is 5.73 Å². The molecule has 3 rings (SSSR count). The van der Waals surface area contributed by atoms with Crippen molar-refractivity contribution in [3.05, 3.63) is 74.9 Å². The van der Waals surface area contributed by atoms with Gasteiger partial charge in [0.25, 0.3) is 5.56 Å². The molecular formula is C17H15N3O2S. The maximum atomic E-state index is 12.0. The number of carbonyl (C=O) groups is 1. The van der Waals surface area contributed by atoms with E-state index < -0.39 is 5.91 Å². The Labute approximate surface area is 137 Å². The molecule has 23 heavy (non-hydrogen) atoms. The van der Waals surface area contributed by atoms with Crippen molar-refractivity contribution in [1.29, 1.82) is 0 Å². The van der Waals surface area contributed by atoms with Crippen molar-refractivity contribution in [3.63, 3.8) is 0 Å². The molecule has 0 bridgehead atoms. The highest BCUT2D eigenvalue weighted by Crippen LogP contribution is 2.25. The molecule has 0 atom stereocenters. The quantitative estimate of drug-likeness (QED) is 0.800. The largest absolute Gasteiger partial charge is 0.366 e. The number of hydrogen-bond donors (Lipinski definition) is 1. The number of nitrogens with two attached hydrogens (primary N) is 1. The molecule has 6 heteroatoms. The molecule has 116 valence electrons. The summed E-state index contributed by atoms with van der Waals surface area (Å²) < 4.78 is 1.39. The molecule has 0 aliphatic rings. The number of hydrogen-bond acceptors (Lipinski definition) is 4. The second kappa shape index (κ2) is 6.18. The summed E-state index contributed by atoms with van der Waals surface area (Å²) >= 11 is 1.63. The van der Waals surface area contributed by atoms with Crippen LogP contribution in [-0.2, 0) is 6.54 Å². The topological polar surface area (TPSA) is 78.0 Å². The van der Waals surface area contributed by atoms with Crippen LogP contribution in [0, 0.1) is 6.92 Å². The van der Waals surface area contributed by atoms with E-state index in [0.717, 1.165) is 16.1 Å². The van der Waals surface area contributed by atoms with Gasteiger partial charge in [-0.15, -0.1) is 11.3 Å². The number of aromatic nitrogens is 2. The summed E-state index contributed by atoms with van der Waals surface area (Å²) in [6, 6.07) is 14.2. The van der Waals surface area contributed by atoms with Crippen molar-refractivity contribution >= 4 is 17.2 Å². The van der Waals surface area contributed by atoms with Gasteiger partial charge in [-0.3, -0.25) is 9.59 Å². The molecule has 0 unspecified atom stereocenters. The monoisotopic (exact) mass is 325 g/mol. The van der Waals surface area contributed by atoms with Gasteiger partial charge in [-0.05, 0) is 42.8 Å². The molecule has 2 aromatic heterocycles. The van der Waals surface area contributed by atoms with Gasteiger partial charge in [0, 0.05) is 16.5 Å². The minimum Gasteiger partial charge on any atom is -0.366 e. The molecule has 2 heterocycles. The van der Waals surface area contributed by atoms with Crippen LogP contribution in [0.3, 0.4) is 0 Å². The molecule has 0 saturated heterocycles. The number of primary amides is 1. The highest BCUT2D eigenvalue weighted by atomic mass is 32.1. The summed E-state index contributed by atoms with van der Waals surface area (Å²) in [5.41, 5.74) is 7.07. The summed E-state index contributed by atoms with van der Waals surface area (Å²) in [4.78, 5) is 25.5. The van der Waals surface area contributed by atoms with Gasteiger partial charge in [0.1, 0.15) is 5.69 Å². The van der Waals surface area contributed by atoms with E-state index in [1.165, 1.54) is 15.6 Å². The Hall–Kier alpha value is -2.73. The Morgan fingerprint density at radius 1 is 1.22 bits per heavy atom. The summed E-state index contributed by atoms with van der Waals surface area (Å²) in [7, 11) is 0. The minimum atomic E-state index is -0.491. The van der Waals surface area contributed by atoms with E-state index in [2.05, 4.69) is 5.10 Å². The molecule has 0 spiro atoms. The molecule has 3 aromatic rings. The van der Waals surface area contributed by atoms with Gasteiger partial charge in [-0.2, -0.15) is 5.10 Å². The number of rotatable bonds is 4. The number of benzene rings is 1. The highest BCUT2D eigenvalue weighted by Gasteiger charge is 2.07. The normalized spacial score (nSPS) is 10.7. The lowest BCUT2D eigenvalue weighted by Gasteiger charge is -2.07. The van der Waals surface area contributed by atoms with Crippen LogP contribution in [0.1, 0.15) is 20.8 Å². The number of aryl methyl sites for hydroxylation is 1. The number of nitrogens with zero attached hydrogens (tertiary/aromatic N) is 2. The van der Waals surface area contributed by atoms with Crippen LogP contribution in [0.25, 0.3) is 10.6 Å². The molecule has 0 aliphatic heterocycles. The Balaban J connectivity index is 1.95. The van der Waals surface area contributed by atoms with E-state index in [1.807, 2.05) is 25.1 Å². The van der Waals surface area contributed by atoms with E-state index in [9.17, 15) is 9.59 Å². The van der Waals surface area contributed by atoms with Gasteiger partial charge in [0.2, 0.25) is 5.91 Å². The summed E-state index contributed by atoms with van der Waals surface area (Å²) in [6.45, 7) is 2.32. The van der Waals surface area contributed by atoms with E-state index in [1.54, 1.807) is 35.6 Å². The molecule has 0 saturated carbocycles. The molecule has 2 N–H and O–H groups in total. The van der Waals surface area contributed by atoms with Gasteiger partial charge in [-0.1, -0.05) is 12.1 Å².